The molecule has 17 heavy (non-hydrogen) atoms. The SMILES string of the molecule is Cc1cc(CN)cnc1N1CCC(C)C1CO. The number of pyridine rings is 1. The van der Waals surface area contributed by atoms with E-state index in [9.17, 15) is 5.11 Å². The van der Waals surface area contributed by atoms with Crippen LogP contribution in [0.5, 0.6) is 0 Å². The van der Waals surface area contributed by atoms with Gasteiger partial charge >= 0.3 is 0 Å². The van der Waals surface area contributed by atoms with Gasteiger partial charge in [0.2, 0.25) is 0 Å². The standard InChI is InChI=1S/C13H21N3O/c1-9-3-4-16(12(9)8-17)13-10(2)5-11(6-14)7-15-13/h5,7,9,12,17H,3-4,6,8,14H2,1-2H3. The van der Waals surface area contributed by atoms with E-state index in [1.54, 1.807) is 0 Å². The largest absolute Gasteiger partial charge is 0.394 e. The van der Waals surface area contributed by atoms with Gasteiger partial charge in [-0.25, -0.2) is 4.98 Å². The molecule has 0 aromatic carbocycles. The summed E-state index contributed by atoms with van der Waals surface area (Å²) in [5.74, 6) is 1.51. The van der Waals surface area contributed by atoms with Crippen LogP contribution in [0.3, 0.4) is 0 Å². The summed E-state index contributed by atoms with van der Waals surface area (Å²) in [5.41, 5.74) is 7.80. The molecule has 0 amide bonds. The average molecular weight is 235 g/mol. The topological polar surface area (TPSA) is 62.4 Å². The molecule has 1 fully saturated rings. The van der Waals surface area contributed by atoms with Crippen LogP contribution in [-0.2, 0) is 6.54 Å². The first-order chi connectivity index (χ1) is 8.17. The van der Waals surface area contributed by atoms with E-state index in [-0.39, 0.29) is 12.6 Å². The second-order valence-electron chi connectivity index (χ2n) is 4.90. The molecular formula is C13H21N3O. The van der Waals surface area contributed by atoms with Gasteiger partial charge in [0.25, 0.3) is 0 Å². The minimum atomic E-state index is 0.195. The quantitative estimate of drug-likeness (QED) is 0.822. The maximum Gasteiger partial charge on any atom is 0.131 e. The van der Waals surface area contributed by atoms with E-state index in [0.29, 0.717) is 12.5 Å². The lowest BCUT2D eigenvalue weighted by Crippen LogP contribution is -2.36. The third-order valence-corrected chi connectivity index (χ3v) is 3.68. The summed E-state index contributed by atoms with van der Waals surface area (Å²) in [7, 11) is 0. The summed E-state index contributed by atoms with van der Waals surface area (Å²) in [6.45, 7) is 5.93. The van der Waals surface area contributed by atoms with Crippen LogP contribution in [0, 0.1) is 12.8 Å². The zero-order chi connectivity index (χ0) is 12.4. The molecule has 0 spiro atoms. The van der Waals surface area contributed by atoms with Crippen LogP contribution in [-0.4, -0.2) is 29.3 Å². The minimum Gasteiger partial charge on any atom is -0.394 e. The van der Waals surface area contributed by atoms with Gasteiger partial charge in [0.05, 0.1) is 12.6 Å². The minimum absolute atomic E-state index is 0.195. The van der Waals surface area contributed by atoms with Gasteiger partial charge in [0, 0.05) is 19.3 Å². The molecule has 1 aromatic rings. The number of anilines is 1. The number of rotatable bonds is 3. The average Bonchev–Trinajstić information content (AvgIpc) is 2.70. The van der Waals surface area contributed by atoms with Crippen molar-refractivity contribution in [2.75, 3.05) is 18.1 Å². The monoisotopic (exact) mass is 235 g/mol. The molecule has 1 aliphatic rings. The maximum absolute atomic E-state index is 9.47. The van der Waals surface area contributed by atoms with E-state index in [2.05, 4.69) is 29.8 Å². The molecule has 1 saturated heterocycles. The van der Waals surface area contributed by atoms with Crippen molar-refractivity contribution in [2.24, 2.45) is 11.7 Å². The number of hydrogen-bond donors (Lipinski definition) is 2. The number of aliphatic hydroxyl groups excluding tert-OH is 1. The lowest BCUT2D eigenvalue weighted by Gasteiger charge is -2.27. The number of nitrogens with two attached hydrogens (primary N) is 1. The summed E-state index contributed by atoms with van der Waals surface area (Å²) in [5, 5.41) is 9.47. The van der Waals surface area contributed by atoms with Crippen LogP contribution in [0.15, 0.2) is 12.3 Å². The van der Waals surface area contributed by atoms with Crippen molar-refractivity contribution in [2.45, 2.75) is 32.9 Å². The third-order valence-electron chi connectivity index (χ3n) is 3.68. The number of aliphatic hydroxyl groups is 1. The molecule has 0 aliphatic carbocycles. The first-order valence-electron chi connectivity index (χ1n) is 6.20. The van der Waals surface area contributed by atoms with Gasteiger partial charge in [-0.15, -0.1) is 0 Å². The number of aromatic nitrogens is 1. The second-order valence-corrected chi connectivity index (χ2v) is 4.90. The summed E-state index contributed by atoms with van der Waals surface area (Å²) in [6, 6.07) is 2.28. The zero-order valence-electron chi connectivity index (χ0n) is 10.6. The van der Waals surface area contributed by atoms with Gasteiger partial charge in [-0.05, 0) is 36.5 Å². The number of hydrogen-bond acceptors (Lipinski definition) is 4. The van der Waals surface area contributed by atoms with Gasteiger partial charge in [0.1, 0.15) is 5.82 Å². The van der Waals surface area contributed by atoms with Crippen LogP contribution in [0.25, 0.3) is 0 Å². The summed E-state index contributed by atoms with van der Waals surface area (Å²) < 4.78 is 0. The zero-order valence-corrected chi connectivity index (χ0v) is 10.6. The van der Waals surface area contributed by atoms with Gasteiger partial charge < -0.3 is 15.7 Å². The van der Waals surface area contributed by atoms with Gasteiger partial charge in [0.15, 0.2) is 0 Å². The molecule has 2 heterocycles. The van der Waals surface area contributed by atoms with Crippen molar-refractivity contribution in [1.82, 2.24) is 4.98 Å². The Morgan fingerprint density at radius 3 is 2.94 bits per heavy atom. The molecule has 4 heteroatoms. The Kier molecular flexibility index (Phi) is 3.64. The second kappa shape index (κ2) is 5.02. The van der Waals surface area contributed by atoms with Crippen molar-refractivity contribution in [1.29, 1.82) is 0 Å². The summed E-state index contributed by atoms with van der Waals surface area (Å²) in [6.07, 6.45) is 2.95. The molecule has 1 aromatic heterocycles. The smallest absolute Gasteiger partial charge is 0.131 e. The van der Waals surface area contributed by atoms with Crippen LogP contribution in [0.2, 0.25) is 0 Å². The fourth-order valence-electron chi connectivity index (χ4n) is 2.59. The van der Waals surface area contributed by atoms with Crippen LogP contribution < -0.4 is 10.6 Å². The van der Waals surface area contributed by atoms with Gasteiger partial charge in [-0.3, -0.25) is 0 Å². The Balaban J connectivity index is 2.28. The van der Waals surface area contributed by atoms with Crippen LogP contribution in [0.1, 0.15) is 24.5 Å². The molecule has 0 saturated carbocycles. The Labute approximate surface area is 102 Å². The van der Waals surface area contributed by atoms with Gasteiger partial charge in [-0.2, -0.15) is 0 Å². The van der Waals surface area contributed by atoms with E-state index in [1.165, 1.54) is 0 Å². The van der Waals surface area contributed by atoms with Crippen LogP contribution in [0.4, 0.5) is 5.82 Å². The molecule has 94 valence electrons. The number of aryl methyl sites for hydroxylation is 1. The molecule has 2 unspecified atom stereocenters. The van der Waals surface area contributed by atoms with Crippen molar-refractivity contribution in [3.8, 4) is 0 Å². The van der Waals surface area contributed by atoms with E-state index >= 15 is 0 Å². The highest BCUT2D eigenvalue weighted by Gasteiger charge is 2.31. The number of nitrogens with zero attached hydrogens (tertiary/aromatic N) is 2. The summed E-state index contributed by atoms with van der Waals surface area (Å²) in [4.78, 5) is 6.72. The fraction of sp³-hybridized carbons (Fsp3) is 0.615. The molecule has 0 bridgehead atoms. The van der Waals surface area contributed by atoms with E-state index in [4.69, 9.17) is 5.73 Å². The Bertz CT molecular complexity index is 394. The first-order valence-corrected chi connectivity index (χ1v) is 6.20. The van der Waals surface area contributed by atoms with Crippen molar-refractivity contribution >= 4 is 5.82 Å². The molecule has 1 aliphatic heterocycles. The lowest BCUT2D eigenvalue weighted by atomic mass is 10.0. The third kappa shape index (κ3) is 2.28. The van der Waals surface area contributed by atoms with E-state index in [1.807, 2.05) is 6.20 Å². The highest BCUT2D eigenvalue weighted by Crippen LogP contribution is 2.30. The van der Waals surface area contributed by atoms with E-state index < -0.39 is 0 Å². The van der Waals surface area contributed by atoms with Crippen molar-refractivity contribution in [3.05, 3.63) is 23.4 Å². The van der Waals surface area contributed by atoms with E-state index in [0.717, 1.165) is 29.9 Å². The molecular weight excluding hydrogens is 214 g/mol. The maximum atomic E-state index is 9.47. The molecule has 4 nitrogen and oxygen atoms in total. The summed E-state index contributed by atoms with van der Waals surface area (Å²) >= 11 is 0. The normalized spacial score (nSPS) is 24.4. The molecule has 3 N–H and O–H groups in total. The fourth-order valence-corrected chi connectivity index (χ4v) is 2.59. The van der Waals surface area contributed by atoms with Crippen molar-refractivity contribution < 1.29 is 5.11 Å². The lowest BCUT2D eigenvalue weighted by molar-refractivity contribution is 0.244. The van der Waals surface area contributed by atoms with Crippen LogP contribution >= 0.6 is 0 Å². The van der Waals surface area contributed by atoms with Crippen molar-refractivity contribution in [3.63, 3.8) is 0 Å². The molecule has 2 rings (SSSR count). The molecule has 2 atom stereocenters. The molecule has 0 radical (unpaired) electrons. The Hall–Kier alpha value is -1.13. The Morgan fingerprint density at radius 2 is 2.35 bits per heavy atom. The Morgan fingerprint density at radius 1 is 1.59 bits per heavy atom. The predicted octanol–water partition coefficient (Wildman–Crippen LogP) is 1.06. The highest BCUT2D eigenvalue weighted by atomic mass is 16.3. The predicted molar refractivity (Wildman–Crippen MR) is 68.9 cm³/mol. The van der Waals surface area contributed by atoms with Gasteiger partial charge in [-0.1, -0.05) is 6.92 Å². The first kappa shape index (κ1) is 12.3. The highest BCUT2D eigenvalue weighted by molar-refractivity contribution is 5.49.